The van der Waals surface area contributed by atoms with E-state index in [0.29, 0.717) is 39.7 Å². The highest BCUT2D eigenvalue weighted by Crippen LogP contribution is 2.38. The lowest BCUT2D eigenvalue weighted by Crippen LogP contribution is -2.44. The Morgan fingerprint density at radius 1 is 0.946 bits per heavy atom. The molecule has 1 N–H and O–H groups in total. The van der Waals surface area contributed by atoms with Gasteiger partial charge in [0.05, 0.1) is 23.4 Å². The molecular weight excluding hydrogens is 494 g/mol. The van der Waals surface area contributed by atoms with E-state index in [-0.39, 0.29) is 43.1 Å². The van der Waals surface area contributed by atoms with Gasteiger partial charge in [-0.3, -0.25) is 24.1 Å². The second-order valence-electron chi connectivity index (χ2n) is 8.92. The lowest BCUT2D eigenvalue weighted by Gasteiger charge is -2.33. The average molecular weight is 518 g/mol. The number of anilines is 2. The smallest absolute Gasteiger partial charge is 0.268 e. The molecular formula is C28H24ClN3O5. The van der Waals surface area contributed by atoms with E-state index in [4.69, 9.17) is 16.3 Å². The maximum absolute atomic E-state index is 13.0. The van der Waals surface area contributed by atoms with Gasteiger partial charge in [-0.1, -0.05) is 41.9 Å². The molecule has 0 aromatic heterocycles. The highest BCUT2D eigenvalue weighted by molar-refractivity contribution is 6.31. The van der Waals surface area contributed by atoms with Crippen molar-refractivity contribution < 1.29 is 23.9 Å². The summed E-state index contributed by atoms with van der Waals surface area (Å²) >= 11 is 6.32. The van der Waals surface area contributed by atoms with Crippen molar-refractivity contribution in [3.05, 3.63) is 88.4 Å². The van der Waals surface area contributed by atoms with Crippen LogP contribution in [0.3, 0.4) is 0 Å². The number of nitrogens with zero attached hydrogens (tertiary/aromatic N) is 2. The van der Waals surface area contributed by atoms with Crippen molar-refractivity contribution in [2.75, 3.05) is 16.8 Å². The Morgan fingerprint density at radius 2 is 1.62 bits per heavy atom. The number of halogens is 1. The van der Waals surface area contributed by atoms with Gasteiger partial charge in [0, 0.05) is 23.7 Å². The molecule has 0 fully saturated rings. The quantitative estimate of drug-likeness (QED) is 0.459. The van der Waals surface area contributed by atoms with E-state index in [9.17, 15) is 19.2 Å². The molecule has 3 aromatic rings. The maximum Gasteiger partial charge on any atom is 0.268 e. The lowest BCUT2D eigenvalue weighted by molar-refractivity contribution is -0.125. The topological polar surface area (TPSA) is 96.0 Å². The predicted octanol–water partition coefficient (Wildman–Crippen LogP) is 4.67. The van der Waals surface area contributed by atoms with E-state index < -0.39 is 6.10 Å². The molecule has 0 bridgehead atoms. The molecule has 0 saturated carbocycles. The van der Waals surface area contributed by atoms with E-state index >= 15 is 0 Å². The number of ether oxygens (including phenoxy) is 1. The largest absolute Gasteiger partial charge is 0.479 e. The summed E-state index contributed by atoms with van der Waals surface area (Å²) in [7, 11) is 0. The minimum Gasteiger partial charge on any atom is -0.479 e. The molecule has 0 aliphatic carbocycles. The highest BCUT2D eigenvalue weighted by Gasteiger charge is 2.35. The zero-order chi connectivity index (χ0) is 26.1. The number of benzene rings is 3. The second kappa shape index (κ2) is 10.1. The third-order valence-electron chi connectivity index (χ3n) is 6.40. The number of carbonyl (C=O) groups excluding carboxylic acids is 4. The number of amides is 4. The van der Waals surface area contributed by atoms with Gasteiger partial charge in [-0.15, -0.1) is 0 Å². The van der Waals surface area contributed by atoms with Gasteiger partial charge in [0.2, 0.25) is 5.91 Å². The van der Waals surface area contributed by atoms with Crippen LogP contribution in [-0.4, -0.2) is 41.2 Å². The van der Waals surface area contributed by atoms with Crippen LogP contribution in [0.4, 0.5) is 11.4 Å². The van der Waals surface area contributed by atoms with Crippen LogP contribution in [0.1, 0.15) is 46.0 Å². The summed E-state index contributed by atoms with van der Waals surface area (Å²) in [6.45, 7) is 2.10. The van der Waals surface area contributed by atoms with Crippen molar-refractivity contribution in [3.8, 4) is 5.75 Å². The molecule has 1 atom stereocenters. The zero-order valence-corrected chi connectivity index (χ0v) is 20.8. The molecule has 0 spiro atoms. The predicted molar refractivity (Wildman–Crippen MR) is 139 cm³/mol. The minimum absolute atomic E-state index is 0.111. The van der Waals surface area contributed by atoms with Gasteiger partial charge in [0.25, 0.3) is 17.7 Å². The third kappa shape index (κ3) is 4.80. The summed E-state index contributed by atoms with van der Waals surface area (Å²) in [5.41, 5.74) is 2.60. The fourth-order valence-corrected chi connectivity index (χ4v) is 4.70. The number of carbonyl (C=O) groups is 4. The molecule has 9 heteroatoms. The van der Waals surface area contributed by atoms with Crippen LogP contribution in [0, 0.1) is 0 Å². The second-order valence-corrected chi connectivity index (χ2v) is 9.32. The molecule has 3 aromatic carbocycles. The van der Waals surface area contributed by atoms with Crippen LogP contribution < -0.4 is 15.0 Å². The number of hydrogen-bond acceptors (Lipinski definition) is 5. The van der Waals surface area contributed by atoms with E-state index in [1.54, 1.807) is 60.4 Å². The number of rotatable bonds is 7. The lowest BCUT2D eigenvalue weighted by atomic mass is 10.1. The van der Waals surface area contributed by atoms with E-state index in [0.717, 1.165) is 5.56 Å². The Bertz CT molecular complexity index is 1390. The van der Waals surface area contributed by atoms with Crippen LogP contribution in [0.2, 0.25) is 5.02 Å². The van der Waals surface area contributed by atoms with Gasteiger partial charge in [-0.2, -0.15) is 0 Å². The van der Waals surface area contributed by atoms with Crippen molar-refractivity contribution >= 4 is 46.6 Å². The first-order chi connectivity index (χ1) is 17.8. The fraction of sp³-hybridized carbons (Fsp3) is 0.214. The molecule has 0 saturated heterocycles. The number of fused-ring (bicyclic) bond motifs is 2. The Morgan fingerprint density at radius 3 is 2.32 bits per heavy atom. The first-order valence-corrected chi connectivity index (χ1v) is 12.3. The van der Waals surface area contributed by atoms with Crippen molar-refractivity contribution in [1.82, 2.24) is 4.90 Å². The first-order valence-electron chi connectivity index (χ1n) is 11.9. The van der Waals surface area contributed by atoms with Crippen LogP contribution in [-0.2, 0) is 16.1 Å². The standard InChI is InChI=1S/C28H24ClN3O5/c1-17-26(34)32(16-18-7-2-5-10-22(18)29)23-15-19(12-13-24(23)37-17)30-25(33)11-6-14-31-27(35)20-8-3-4-9-21(20)28(31)36/h2-5,7-10,12-13,15,17H,6,11,14,16H2,1H3,(H,30,33). The first kappa shape index (κ1) is 24.5. The van der Waals surface area contributed by atoms with Crippen LogP contribution in [0.5, 0.6) is 5.75 Å². The summed E-state index contributed by atoms with van der Waals surface area (Å²) in [5, 5.41) is 3.39. The van der Waals surface area contributed by atoms with Gasteiger partial charge >= 0.3 is 0 Å². The van der Waals surface area contributed by atoms with Crippen molar-refractivity contribution in [1.29, 1.82) is 0 Å². The maximum atomic E-state index is 13.0. The van der Waals surface area contributed by atoms with E-state index in [1.165, 1.54) is 4.90 Å². The summed E-state index contributed by atoms with van der Waals surface area (Å²) in [6, 6.07) is 19.1. The fourth-order valence-electron chi connectivity index (χ4n) is 4.51. The monoisotopic (exact) mass is 517 g/mol. The van der Waals surface area contributed by atoms with Gasteiger partial charge in [-0.25, -0.2) is 0 Å². The molecule has 1 unspecified atom stereocenters. The van der Waals surface area contributed by atoms with Crippen LogP contribution >= 0.6 is 11.6 Å². The summed E-state index contributed by atoms with van der Waals surface area (Å²) in [5.74, 6) is -0.633. The third-order valence-corrected chi connectivity index (χ3v) is 6.77. The van der Waals surface area contributed by atoms with Crippen molar-refractivity contribution in [2.24, 2.45) is 0 Å². The molecule has 37 heavy (non-hydrogen) atoms. The van der Waals surface area contributed by atoms with E-state index in [2.05, 4.69) is 5.32 Å². The van der Waals surface area contributed by atoms with Crippen LogP contribution in [0.15, 0.2) is 66.7 Å². The number of imide groups is 1. The molecule has 0 radical (unpaired) electrons. The minimum atomic E-state index is -0.655. The zero-order valence-electron chi connectivity index (χ0n) is 20.1. The van der Waals surface area contributed by atoms with E-state index in [1.807, 2.05) is 18.2 Å². The number of hydrogen-bond donors (Lipinski definition) is 1. The normalized spacial score (nSPS) is 16.4. The van der Waals surface area contributed by atoms with Crippen molar-refractivity contribution in [2.45, 2.75) is 32.4 Å². The molecule has 5 rings (SSSR count). The Kier molecular flexibility index (Phi) is 6.67. The number of nitrogens with one attached hydrogen (secondary N) is 1. The summed E-state index contributed by atoms with van der Waals surface area (Å²) < 4.78 is 5.76. The van der Waals surface area contributed by atoms with Gasteiger partial charge in [0.1, 0.15) is 5.75 Å². The Balaban J connectivity index is 1.24. The molecule has 188 valence electrons. The summed E-state index contributed by atoms with van der Waals surface area (Å²) in [6.07, 6.45) is -0.224. The molecule has 2 aliphatic rings. The highest BCUT2D eigenvalue weighted by atomic mass is 35.5. The molecule has 4 amide bonds. The Labute approximate surface area is 218 Å². The average Bonchev–Trinajstić information content (AvgIpc) is 3.13. The molecule has 8 nitrogen and oxygen atoms in total. The van der Waals surface area contributed by atoms with Crippen molar-refractivity contribution in [3.63, 3.8) is 0 Å². The van der Waals surface area contributed by atoms with Gasteiger partial charge < -0.3 is 15.0 Å². The van der Waals surface area contributed by atoms with Crippen LogP contribution in [0.25, 0.3) is 0 Å². The molecule has 2 heterocycles. The summed E-state index contributed by atoms with van der Waals surface area (Å²) in [4.78, 5) is 53.4. The SMILES string of the molecule is CC1Oc2ccc(NC(=O)CCCN3C(=O)c4ccccc4C3=O)cc2N(Cc2ccccc2Cl)C1=O. The molecule has 2 aliphatic heterocycles. The Hall–Kier alpha value is -4.17. The van der Waals surface area contributed by atoms with Gasteiger partial charge in [-0.05, 0) is 55.3 Å². The van der Waals surface area contributed by atoms with Gasteiger partial charge in [0.15, 0.2) is 6.10 Å².